The number of hydrogen-bond acceptors (Lipinski definition) is 7. The van der Waals surface area contributed by atoms with Crippen molar-refractivity contribution in [2.45, 2.75) is 11.6 Å². The number of rotatable bonds is 10. The summed E-state index contributed by atoms with van der Waals surface area (Å²) in [5, 5.41) is 23.6. The third kappa shape index (κ3) is 5.81. The minimum absolute atomic E-state index is 0.0768. The minimum Gasteiger partial charge on any atom is -0.507 e. The van der Waals surface area contributed by atoms with Gasteiger partial charge in [-0.2, -0.15) is 5.10 Å². The molecule has 9 heteroatoms. The number of thioether (sulfide) groups is 1. The molecule has 3 aromatic carbocycles. The highest BCUT2D eigenvalue weighted by molar-refractivity contribution is 7.99. The van der Waals surface area contributed by atoms with Crippen molar-refractivity contribution in [3.63, 3.8) is 0 Å². The molecule has 182 valence electrons. The van der Waals surface area contributed by atoms with Crippen molar-refractivity contribution >= 4 is 23.9 Å². The number of nitrogens with one attached hydrogen (secondary N) is 1. The number of ether oxygens (including phenoxy) is 1. The number of methoxy groups -OCH3 is 1. The van der Waals surface area contributed by atoms with Crippen LogP contribution < -0.4 is 10.2 Å². The predicted octanol–water partition coefficient (Wildman–Crippen LogP) is 4.62. The number of carbonyl (C=O) groups is 1. The molecule has 2 N–H and O–H groups in total. The first-order chi connectivity index (χ1) is 17.6. The molecule has 4 aromatic rings. The second-order valence-electron chi connectivity index (χ2n) is 7.64. The number of phenols is 1. The van der Waals surface area contributed by atoms with Crippen LogP contribution in [0.15, 0.2) is 95.7 Å². The van der Waals surface area contributed by atoms with Gasteiger partial charge in [0.25, 0.3) is 5.91 Å². The van der Waals surface area contributed by atoms with E-state index in [0.717, 1.165) is 22.6 Å². The maximum absolute atomic E-state index is 12.5. The van der Waals surface area contributed by atoms with Crippen LogP contribution in [0.4, 0.5) is 0 Å². The molecule has 0 radical (unpaired) electrons. The summed E-state index contributed by atoms with van der Waals surface area (Å²) in [5.41, 5.74) is 5.49. The van der Waals surface area contributed by atoms with Gasteiger partial charge in [-0.05, 0) is 54.4 Å². The summed E-state index contributed by atoms with van der Waals surface area (Å²) in [6.45, 7) is 3.69. The van der Waals surface area contributed by atoms with E-state index in [0.29, 0.717) is 23.0 Å². The molecule has 0 aliphatic carbocycles. The van der Waals surface area contributed by atoms with Crippen LogP contribution in [0.3, 0.4) is 0 Å². The van der Waals surface area contributed by atoms with E-state index in [-0.39, 0.29) is 17.4 Å². The number of hydrogen-bond donors (Lipinski definition) is 2. The van der Waals surface area contributed by atoms with E-state index in [2.05, 4.69) is 27.3 Å². The summed E-state index contributed by atoms with van der Waals surface area (Å²) < 4.78 is 7.16. The number of allylic oxidation sites excluding steroid dienone is 1. The zero-order chi connectivity index (χ0) is 25.3. The van der Waals surface area contributed by atoms with Gasteiger partial charge in [-0.15, -0.1) is 16.8 Å². The Morgan fingerprint density at radius 3 is 2.61 bits per heavy atom. The van der Waals surface area contributed by atoms with Crippen molar-refractivity contribution in [3.8, 4) is 28.6 Å². The van der Waals surface area contributed by atoms with Crippen LogP contribution in [0.5, 0.6) is 11.5 Å². The molecule has 0 unspecified atom stereocenters. The fourth-order valence-electron chi connectivity index (χ4n) is 3.47. The number of aromatic hydroxyl groups is 1. The molecular weight excluding hydrogens is 474 g/mol. The quantitative estimate of drug-likeness (QED) is 0.143. The number of benzene rings is 3. The van der Waals surface area contributed by atoms with Crippen LogP contribution in [-0.2, 0) is 11.2 Å². The monoisotopic (exact) mass is 499 g/mol. The van der Waals surface area contributed by atoms with E-state index in [1.54, 1.807) is 19.3 Å². The number of phenolic OH excluding ortho intramolecular Hbond substituents is 1. The van der Waals surface area contributed by atoms with Gasteiger partial charge >= 0.3 is 0 Å². The van der Waals surface area contributed by atoms with Gasteiger partial charge in [0.1, 0.15) is 11.5 Å². The van der Waals surface area contributed by atoms with Gasteiger partial charge in [0, 0.05) is 16.8 Å². The van der Waals surface area contributed by atoms with Crippen LogP contribution >= 0.6 is 11.8 Å². The largest absolute Gasteiger partial charge is 0.507 e. The molecule has 0 fully saturated rings. The number of aromatic nitrogens is 3. The zero-order valence-electron chi connectivity index (χ0n) is 19.7. The van der Waals surface area contributed by atoms with Crippen molar-refractivity contribution in [1.82, 2.24) is 20.2 Å². The Labute approximate surface area is 213 Å². The van der Waals surface area contributed by atoms with Crippen LogP contribution in [-0.4, -0.2) is 44.9 Å². The summed E-state index contributed by atoms with van der Waals surface area (Å²) in [7, 11) is 1.62. The summed E-state index contributed by atoms with van der Waals surface area (Å²) in [4.78, 5) is 12.5. The third-order valence-electron chi connectivity index (χ3n) is 5.24. The van der Waals surface area contributed by atoms with Gasteiger partial charge in [-0.1, -0.05) is 48.2 Å². The smallest absolute Gasteiger partial charge is 0.250 e. The molecule has 0 aliphatic rings. The molecule has 0 atom stereocenters. The first-order valence-corrected chi connectivity index (χ1v) is 12.1. The fraction of sp³-hybridized carbons (Fsp3) is 0.111. The fourth-order valence-corrected chi connectivity index (χ4v) is 4.22. The SMILES string of the molecule is C=CCc1cccc(/C=N/NC(=O)CSc2nnc(-c3ccc(OC)cc3)n2-c2ccccc2)c1O. The van der Waals surface area contributed by atoms with Gasteiger partial charge in [-0.25, -0.2) is 5.43 Å². The number of hydrazone groups is 1. The Morgan fingerprint density at radius 1 is 1.11 bits per heavy atom. The summed E-state index contributed by atoms with van der Waals surface area (Å²) in [6.07, 6.45) is 3.67. The Kier molecular flexibility index (Phi) is 8.15. The minimum atomic E-state index is -0.313. The Morgan fingerprint density at radius 2 is 1.89 bits per heavy atom. The van der Waals surface area contributed by atoms with Crippen molar-refractivity contribution in [2.24, 2.45) is 5.10 Å². The average molecular weight is 500 g/mol. The van der Waals surface area contributed by atoms with E-state index in [1.165, 1.54) is 18.0 Å². The summed E-state index contributed by atoms with van der Waals surface area (Å²) in [5.74, 6) is 1.28. The lowest BCUT2D eigenvalue weighted by atomic mass is 10.1. The van der Waals surface area contributed by atoms with E-state index in [4.69, 9.17) is 4.74 Å². The number of carbonyl (C=O) groups excluding carboxylic acids is 1. The van der Waals surface area contributed by atoms with Crippen LogP contribution in [0, 0.1) is 0 Å². The molecule has 1 heterocycles. The van der Waals surface area contributed by atoms with Gasteiger partial charge in [0.15, 0.2) is 11.0 Å². The highest BCUT2D eigenvalue weighted by atomic mass is 32.2. The summed E-state index contributed by atoms with van der Waals surface area (Å²) in [6, 6.07) is 22.6. The van der Waals surface area contributed by atoms with Gasteiger partial charge in [0.2, 0.25) is 0 Å². The topological polar surface area (TPSA) is 102 Å². The molecule has 8 nitrogen and oxygen atoms in total. The van der Waals surface area contributed by atoms with Crippen molar-refractivity contribution in [2.75, 3.05) is 12.9 Å². The molecule has 1 amide bonds. The molecule has 0 spiro atoms. The molecule has 0 saturated carbocycles. The maximum atomic E-state index is 12.5. The molecule has 4 rings (SSSR count). The van der Waals surface area contributed by atoms with Crippen LogP contribution in [0.25, 0.3) is 17.1 Å². The second kappa shape index (κ2) is 11.9. The maximum Gasteiger partial charge on any atom is 0.250 e. The van der Waals surface area contributed by atoms with Crippen molar-refractivity contribution in [1.29, 1.82) is 0 Å². The van der Waals surface area contributed by atoms with E-state index in [1.807, 2.05) is 71.3 Å². The molecule has 36 heavy (non-hydrogen) atoms. The standard InChI is InChI=1S/C27H25N5O3S/c1-3-8-19-9-7-10-21(25(19)34)17-28-29-24(33)18-36-27-31-30-26(20-13-15-23(35-2)16-14-20)32(27)22-11-5-4-6-12-22/h3-7,9-17,34H,1,8,18H2,2H3,(H,29,33)/b28-17+. The first kappa shape index (κ1) is 24.7. The van der Waals surface area contributed by atoms with Gasteiger partial charge in [0.05, 0.1) is 19.1 Å². The molecular formula is C27H25N5O3S. The van der Waals surface area contributed by atoms with Crippen molar-refractivity contribution < 1.29 is 14.6 Å². The van der Waals surface area contributed by atoms with Crippen LogP contribution in [0.1, 0.15) is 11.1 Å². The Hall–Kier alpha value is -4.37. The Balaban J connectivity index is 1.48. The number of amides is 1. The zero-order valence-corrected chi connectivity index (χ0v) is 20.5. The van der Waals surface area contributed by atoms with Crippen molar-refractivity contribution in [3.05, 3.63) is 96.6 Å². The van der Waals surface area contributed by atoms with E-state index >= 15 is 0 Å². The Bertz CT molecular complexity index is 1370. The third-order valence-corrected chi connectivity index (χ3v) is 6.17. The predicted molar refractivity (Wildman–Crippen MR) is 142 cm³/mol. The summed E-state index contributed by atoms with van der Waals surface area (Å²) >= 11 is 1.25. The normalized spacial score (nSPS) is 10.9. The highest BCUT2D eigenvalue weighted by Gasteiger charge is 2.17. The lowest BCUT2D eigenvalue weighted by Crippen LogP contribution is -2.20. The lowest BCUT2D eigenvalue weighted by Gasteiger charge is -2.10. The average Bonchev–Trinajstić information content (AvgIpc) is 3.34. The van der Waals surface area contributed by atoms with E-state index in [9.17, 15) is 9.90 Å². The number of nitrogens with zero attached hydrogens (tertiary/aromatic N) is 4. The molecule has 0 bridgehead atoms. The lowest BCUT2D eigenvalue weighted by molar-refractivity contribution is -0.118. The highest BCUT2D eigenvalue weighted by Crippen LogP contribution is 2.29. The first-order valence-electron chi connectivity index (χ1n) is 11.1. The second-order valence-corrected chi connectivity index (χ2v) is 8.58. The van der Waals surface area contributed by atoms with E-state index < -0.39 is 0 Å². The molecule has 1 aromatic heterocycles. The molecule has 0 aliphatic heterocycles. The van der Waals surface area contributed by atoms with Gasteiger partial charge in [-0.3, -0.25) is 9.36 Å². The van der Waals surface area contributed by atoms with Crippen LogP contribution in [0.2, 0.25) is 0 Å². The number of para-hydroxylation sites is 2. The molecule has 0 saturated heterocycles. The van der Waals surface area contributed by atoms with Gasteiger partial charge < -0.3 is 9.84 Å².